The molecule has 24 heavy (non-hydrogen) atoms. The number of amides is 1. The van der Waals surface area contributed by atoms with Gasteiger partial charge in [-0.25, -0.2) is 4.39 Å². The Morgan fingerprint density at radius 3 is 2.50 bits per heavy atom. The first kappa shape index (κ1) is 16.6. The van der Waals surface area contributed by atoms with Crippen LogP contribution in [0.15, 0.2) is 30.3 Å². The van der Waals surface area contributed by atoms with E-state index in [9.17, 15) is 19.1 Å². The van der Waals surface area contributed by atoms with Gasteiger partial charge in [0.25, 0.3) is 5.91 Å². The highest BCUT2D eigenvalue weighted by atomic mass is 32.1. The van der Waals surface area contributed by atoms with E-state index in [-0.39, 0.29) is 24.2 Å². The average molecular weight is 347 g/mol. The quantitative estimate of drug-likeness (QED) is 0.922. The van der Waals surface area contributed by atoms with Crippen LogP contribution in [0.2, 0.25) is 0 Å². The smallest absolute Gasteiger partial charge is 0.308 e. The standard InChI is InChI=1S/C18H18FNO3S/c1-10-8-20(9-15(10)18(22)23)17(21)16-7-14(11(2)24-16)12-3-5-13(19)6-4-12/h3-7,10,15H,8-9H2,1-2H3,(H,22,23)/t10-,15-/m1/s1. The van der Waals surface area contributed by atoms with Crippen LogP contribution in [0.25, 0.3) is 11.1 Å². The van der Waals surface area contributed by atoms with Crippen molar-refractivity contribution in [1.29, 1.82) is 0 Å². The first-order valence-electron chi connectivity index (χ1n) is 7.75. The number of likely N-dealkylation sites (tertiary alicyclic amines) is 1. The molecule has 3 rings (SSSR count). The molecule has 1 saturated heterocycles. The summed E-state index contributed by atoms with van der Waals surface area (Å²) in [7, 11) is 0. The van der Waals surface area contributed by atoms with Gasteiger partial charge in [-0.15, -0.1) is 11.3 Å². The highest BCUT2D eigenvalue weighted by Crippen LogP contribution is 2.33. The third-order valence-corrected chi connectivity index (χ3v) is 5.54. The van der Waals surface area contributed by atoms with Crippen LogP contribution in [0, 0.1) is 24.6 Å². The zero-order chi connectivity index (χ0) is 17.4. The zero-order valence-corrected chi connectivity index (χ0v) is 14.3. The van der Waals surface area contributed by atoms with E-state index in [1.54, 1.807) is 17.0 Å². The van der Waals surface area contributed by atoms with Gasteiger partial charge in [-0.3, -0.25) is 9.59 Å². The number of halogens is 1. The third kappa shape index (κ3) is 3.06. The van der Waals surface area contributed by atoms with Crippen LogP contribution in [0.3, 0.4) is 0 Å². The van der Waals surface area contributed by atoms with Crippen LogP contribution in [0.5, 0.6) is 0 Å². The van der Waals surface area contributed by atoms with Gasteiger partial charge in [-0.1, -0.05) is 19.1 Å². The minimum atomic E-state index is -0.854. The van der Waals surface area contributed by atoms with Crippen molar-refractivity contribution in [3.05, 3.63) is 45.9 Å². The van der Waals surface area contributed by atoms with Crippen molar-refractivity contribution in [3.63, 3.8) is 0 Å². The number of carbonyl (C=O) groups is 2. The molecule has 0 unspecified atom stereocenters. The Kier molecular flexibility index (Phi) is 4.41. The van der Waals surface area contributed by atoms with E-state index in [0.717, 1.165) is 16.0 Å². The maximum atomic E-state index is 13.1. The van der Waals surface area contributed by atoms with E-state index in [0.29, 0.717) is 11.4 Å². The Balaban J connectivity index is 1.83. The molecule has 1 aliphatic rings. The average Bonchev–Trinajstić information content (AvgIpc) is 3.11. The number of thiophene rings is 1. The van der Waals surface area contributed by atoms with Gasteiger partial charge in [-0.2, -0.15) is 0 Å². The predicted molar refractivity (Wildman–Crippen MR) is 90.6 cm³/mol. The van der Waals surface area contributed by atoms with Gasteiger partial charge in [0.05, 0.1) is 10.8 Å². The van der Waals surface area contributed by atoms with Crippen molar-refractivity contribution in [1.82, 2.24) is 4.90 Å². The number of carboxylic acid groups (broad SMARTS) is 1. The Bertz CT molecular complexity index is 784. The van der Waals surface area contributed by atoms with Crippen molar-refractivity contribution >= 4 is 23.2 Å². The molecule has 1 amide bonds. The summed E-state index contributed by atoms with van der Waals surface area (Å²) in [5.41, 5.74) is 1.77. The second-order valence-electron chi connectivity index (χ2n) is 6.22. The summed E-state index contributed by atoms with van der Waals surface area (Å²) in [5, 5.41) is 9.21. The maximum absolute atomic E-state index is 13.1. The molecule has 1 aromatic heterocycles. The van der Waals surface area contributed by atoms with E-state index in [4.69, 9.17) is 0 Å². The van der Waals surface area contributed by atoms with E-state index >= 15 is 0 Å². The minimum absolute atomic E-state index is 0.0518. The second kappa shape index (κ2) is 6.36. The fourth-order valence-corrected chi connectivity index (χ4v) is 4.12. The molecule has 2 atom stereocenters. The lowest BCUT2D eigenvalue weighted by Crippen LogP contribution is -2.29. The third-order valence-electron chi connectivity index (χ3n) is 4.50. The van der Waals surface area contributed by atoms with Crippen LogP contribution in [0.4, 0.5) is 4.39 Å². The summed E-state index contributed by atoms with van der Waals surface area (Å²) < 4.78 is 13.1. The summed E-state index contributed by atoms with van der Waals surface area (Å²) in [6.07, 6.45) is 0. The number of carboxylic acids is 1. The molecular formula is C18H18FNO3S. The molecule has 6 heteroatoms. The van der Waals surface area contributed by atoms with E-state index in [1.807, 2.05) is 19.9 Å². The predicted octanol–water partition coefficient (Wildman–Crippen LogP) is 3.66. The van der Waals surface area contributed by atoms with Gasteiger partial charge in [-0.05, 0) is 42.2 Å². The first-order valence-corrected chi connectivity index (χ1v) is 8.57. The molecule has 2 aromatic rings. The highest BCUT2D eigenvalue weighted by molar-refractivity contribution is 7.14. The summed E-state index contributed by atoms with van der Waals surface area (Å²) in [4.78, 5) is 27.1. The fraction of sp³-hybridized carbons (Fsp3) is 0.333. The molecule has 2 heterocycles. The number of rotatable bonds is 3. The van der Waals surface area contributed by atoms with Gasteiger partial charge in [0.15, 0.2) is 0 Å². The normalized spacial score (nSPS) is 20.4. The molecule has 0 radical (unpaired) electrons. The Labute approximate surface area is 143 Å². The van der Waals surface area contributed by atoms with Crippen molar-refractivity contribution in [2.75, 3.05) is 13.1 Å². The Morgan fingerprint density at radius 1 is 1.25 bits per heavy atom. The van der Waals surface area contributed by atoms with Crippen molar-refractivity contribution < 1.29 is 19.1 Å². The molecule has 1 N–H and O–H groups in total. The highest BCUT2D eigenvalue weighted by Gasteiger charge is 2.37. The lowest BCUT2D eigenvalue weighted by molar-refractivity contribution is -0.142. The van der Waals surface area contributed by atoms with Crippen LogP contribution in [-0.4, -0.2) is 35.0 Å². The van der Waals surface area contributed by atoms with Gasteiger partial charge >= 0.3 is 5.97 Å². The number of benzene rings is 1. The van der Waals surface area contributed by atoms with Gasteiger partial charge in [0.1, 0.15) is 5.82 Å². The number of carbonyl (C=O) groups excluding carboxylic acids is 1. The molecule has 0 saturated carbocycles. The van der Waals surface area contributed by atoms with Crippen LogP contribution in [0.1, 0.15) is 21.5 Å². The number of nitrogens with zero attached hydrogens (tertiary/aromatic N) is 1. The monoisotopic (exact) mass is 347 g/mol. The Morgan fingerprint density at radius 2 is 1.92 bits per heavy atom. The zero-order valence-electron chi connectivity index (χ0n) is 13.5. The molecule has 0 aliphatic carbocycles. The second-order valence-corrected chi connectivity index (χ2v) is 7.48. The lowest BCUT2D eigenvalue weighted by atomic mass is 9.99. The maximum Gasteiger partial charge on any atom is 0.308 e. The van der Waals surface area contributed by atoms with Crippen molar-refractivity contribution in [2.24, 2.45) is 11.8 Å². The number of aryl methyl sites for hydroxylation is 1. The summed E-state index contributed by atoms with van der Waals surface area (Å²) in [6.45, 7) is 4.49. The molecule has 4 nitrogen and oxygen atoms in total. The van der Waals surface area contributed by atoms with Crippen LogP contribution in [-0.2, 0) is 4.79 Å². The van der Waals surface area contributed by atoms with Gasteiger partial charge in [0.2, 0.25) is 0 Å². The van der Waals surface area contributed by atoms with Crippen LogP contribution >= 0.6 is 11.3 Å². The molecule has 0 bridgehead atoms. The van der Waals surface area contributed by atoms with E-state index < -0.39 is 11.9 Å². The molecule has 1 fully saturated rings. The molecule has 126 valence electrons. The number of hydrogen-bond acceptors (Lipinski definition) is 3. The van der Waals surface area contributed by atoms with Crippen molar-refractivity contribution in [2.45, 2.75) is 13.8 Å². The topological polar surface area (TPSA) is 57.6 Å². The Hall–Kier alpha value is -2.21. The van der Waals surface area contributed by atoms with Gasteiger partial charge < -0.3 is 10.0 Å². The molecule has 1 aromatic carbocycles. The lowest BCUT2D eigenvalue weighted by Gasteiger charge is -2.14. The summed E-state index contributed by atoms with van der Waals surface area (Å²) in [5.74, 6) is -1.84. The SMILES string of the molecule is Cc1sc(C(=O)N2C[C@@H](C)[C@H](C(=O)O)C2)cc1-c1ccc(F)cc1. The summed E-state index contributed by atoms with van der Waals surface area (Å²) >= 11 is 1.39. The minimum Gasteiger partial charge on any atom is -0.481 e. The molecule has 0 spiro atoms. The first-order chi connectivity index (χ1) is 11.4. The van der Waals surface area contributed by atoms with Gasteiger partial charge in [0, 0.05) is 18.0 Å². The molecular weight excluding hydrogens is 329 g/mol. The van der Waals surface area contributed by atoms with Crippen molar-refractivity contribution in [3.8, 4) is 11.1 Å². The number of aliphatic carboxylic acids is 1. The fourth-order valence-electron chi connectivity index (χ4n) is 3.11. The van der Waals surface area contributed by atoms with Crippen LogP contribution < -0.4 is 0 Å². The van der Waals surface area contributed by atoms with E-state index in [2.05, 4.69) is 0 Å². The number of hydrogen-bond donors (Lipinski definition) is 1. The largest absolute Gasteiger partial charge is 0.481 e. The van der Waals surface area contributed by atoms with E-state index in [1.165, 1.54) is 23.5 Å². The summed E-state index contributed by atoms with van der Waals surface area (Å²) in [6, 6.07) is 7.99. The molecule has 1 aliphatic heterocycles.